The van der Waals surface area contributed by atoms with E-state index in [1.54, 1.807) is 0 Å². The van der Waals surface area contributed by atoms with Gasteiger partial charge in [-0.3, -0.25) is 4.55 Å². The van der Waals surface area contributed by atoms with Gasteiger partial charge in [0, 0.05) is 0 Å². The Morgan fingerprint density at radius 2 is 1.41 bits per heavy atom. The number of esters is 2. The van der Waals surface area contributed by atoms with E-state index in [2.05, 4.69) is 13.8 Å². The van der Waals surface area contributed by atoms with Crippen molar-refractivity contribution in [3.05, 3.63) is 29.3 Å². The number of carbonyl (C=O) groups excluding carboxylic acids is 2. The van der Waals surface area contributed by atoms with Crippen LogP contribution in [0.1, 0.15) is 87.4 Å². The summed E-state index contributed by atoms with van der Waals surface area (Å²) < 4.78 is 43.1. The van der Waals surface area contributed by atoms with Gasteiger partial charge in [-0.15, -0.1) is 0 Å². The normalized spacial score (nSPS) is 10.9. The van der Waals surface area contributed by atoms with Crippen molar-refractivity contribution in [3.63, 3.8) is 0 Å². The molecule has 0 atom stereocenters. The third-order valence-electron chi connectivity index (χ3n) is 4.19. The summed E-state index contributed by atoms with van der Waals surface area (Å²) in [4.78, 5) is 24.2. The first kappa shape index (κ1) is 28.1. The van der Waals surface area contributed by atoms with Crippen LogP contribution in [-0.2, 0) is 19.6 Å². The molecule has 0 aromatic heterocycles. The van der Waals surface area contributed by atoms with Crippen molar-refractivity contribution in [1.29, 1.82) is 0 Å². The Kier molecular flexibility index (Phi) is 14.5. The van der Waals surface area contributed by atoms with Gasteiger partial charge in [0.05, 0.1) is 24.3 Å². The second-order valence-electron chi connectivity index (χ2n) is 6.55. The van der Waals surface area contributed by atoms with Crippen LogP contribution in [0.25, 0.3) is 0 Å². The molecular weight excluding hydrogens is 407 g/mol. The summed E-state index contributed by atoms with van der Waals surface area (Å²) in [7, 11) is -4.71. The molecule has 7 nitrogen and oxygen atoms in total. The third-order valence-corrected chi connectivity index (χ3v) is 5.09. The molecule has 160 valence electrons. The first-order chi connectivity index (χ1) is 13.3. The van der Waals surface area contributed by atoms with Gasteiger partial charge in [0.1, 0.15) is 4.90 Å². The number of benzene rings is 1. The molecule has 1 N–H and O–H groups in total. The van der Waals surface area contributed by atoms with Crippen molar-refractivity contribution in [1.82, 2.24) is 0 Å². The summed E-state index contributed by atoms with van der Waals surface area (Å²) in [5, 5.41) is 0. The number of hydrogen-bond acceptors (Lipinski definition) is 6. The van der Waals surface area contributed by atoms with Gasteiger partial charge in [0.15, 0.2) is 0 Å². The summed E-state index contributed by atoms with van der Waals surface area (Å²) in [5.41, 5.74) is -0.719. The first-order valence-corrected chi connectivity index (χ1v) is 11.2. The van der Waals surface area contributed by atoms with Crippen molar-refractivity contribution in [3.8, 4) is 0 Å². The van der Waals surface area contributed by atoms with Crippen molar-refractivity contribution in [2.75, 3.05) is 13.2 Å². The second kappa shape index (κ2) is 15.0. The summed E-state index contributed by atoms with van der Waals surface area (Å²) in [5.74, 6) is -1.79. The fourth-order valence-corrected chi connectivity index (χ4v) is 3.37. The predicted molar refractivity (Wildman–Crippen MR) is 106 cm³/mol. The van der Waals surface area contributed by atoms with Crippen LogP contribution < -0.4 is 29.6 Å². The van der Waals surface area contributed by atoms with Gasteiger partial charge in [-0.05, 0) is 25.0 Å². The number of ether oxygens (including phenoxy) is 2. The smallest absolute Gasteiger partial charge is 1.00 e. The molecule has 9 heteroatoms. The van der Waals surface area contributed by atoms with E-state index < -0.39 is 32.5 Å². The fraction of sp³-hybridized carbons (Fsp3) is 0.600. The van der Waals surface area contributed by atoms with E-state index in [0.29, 0.717) is 12.8 Å². The van der Waals surface area contributed by atoms with E-state index in [9.17, 15) is 22.6 Å². The minimum absolute atomic E-state index is 0. The maximum Gasteiger partial charge on any atom is 1.00 e. The van der Waals surface area contributed by atoms with Crippen LogP contribution in [0.4, 0.5) is 0 Å². The molecule has 0 fully saturated rings. The standard InChI is InChI=1S/C20H30O7S.Na.H/c1-3-5-7-9-14-26-19(21)16-12-11-13-17(28(23,24)25)18(16)20(22)27-15-10-8-6-4-2;;/h11-13H,3-10,14-15H2,1-2H3,(H,23,24,25);;/q;+1;-1. The van der Waals surface area contributed by atoms with Crippen LogP contribution in [0, 0.1) is 0 Å². The van der Waals surface area contributed by atoms with Gasteiger partial charge in [-0.1, -0.05) is 58.4 Å². The Bertz CT molecular complexity index is 754. The van der Waals surface area contributed by atoms with Gasteiger partial charge in [0.2, 0.25) is 0 Å². The van der Waals surface area contributed by atoms with Crippen LogP contribution in [0.2, 0.25) is 0 Å². The Hall–Kier alpha value is -0.930. The molecule has 0 aliphatic rings. The zero-order valence-electron chi connectivity index (χ0n) is 18.6. The molecular formula is C20H31NaO7S. The number of unbranched alkanes of at least 4 members (excludes halogenated alkanes) is 6. The molecule has 0 heterocycles. The van der Waals surface area contributed by atoms with Crippen LogP contribution >= 0.6 is 0 Å². The molecule has 29 heavy (non-hydrogen) atoms. The van der Waals surface area contributed by atoms with Gasteiger partial charge < -0.3 is 10.9 Å². The molecule has 0 aliphatic heterocycles. The van der Waals surface area contributed by atoms with Crippen molar-refractivity contribution in [2.24, 2.45) is 0 Å². The molecule has 0 radical (unpaired) electrons. The van der Waals surface area contributed by atoms with Crippen LogP contribution in [0.5, 0.6) is 0 Å². The van der Waals surface area contributed by atoms with E-state index >= 15 is 0 Å². The maximum absolute atomic E-state index is 12.5. The molecule has 0 bridgehead atoms. The molecule has 0 aliphatic carbocycles. The minimum atomic E-state index is -4.71. The maximum atomic E-state index is 12.5. The third kappa shape index (κ3) is 10.1. The number of hydrogen-bond donors (Lipinski definition) is 1. The minimum Gasteiger partial charge on any atom is -1.00 e. The second-order valence-corrected chi connectivity index (χ2v) is 7.94. The van der Waals surface area contributed by atoms with Gasteiger partial charge >= 0.3 is 41.5 Å². The van der Waals surface area contributed by atoms with Gasteiger partial charge in [-0.2, -0.15) is 8.42 Å². The van der Waals surface area contributed by atoms with E-state index in [1.165, 1.54) is 12.1 Å². The predicted octanol–water partition coefficient (Wildman–Crippen LogP) is 1.52. The Morgan fingerprint density at radius 1 is 0.897 bits per heavy atom. The van der Waals surface area contributed by atoms with Crippen LogP contribution in [0.15, 0.2) is 23.1 Å². The monoisotopic (exact) mass is 438 g/mol. The van der Waals surface area contributed by atoms with E-state index in [4.69, 9.17) is 9.47 Å². The zero-order chi connectivity index (χ0) is 21.0. The Morgan fingerprint density at radius 3 is 1.90 bits per heavy atom. The number of carbonyl (C=O) groups is 2. The largest absolute Gasteiger partial charge is 1.00 e. The quantitative estimate of drug-likeness (QED) is 0.215. The summed E-state index contributed by atoms with van der Waals surface area (Å²) >= 11 is 0. The van der Waals surface area contributed by atoms with E-state index in [0.717, 1.165) is 44.6 Å². The first-order valence-electron chi connectivity index (χ1n) is 9.77. The summed E-state index contributed by atoms with van der Waals surface area (Å²) in [6, 6.07) is 3.62. The Balaban J connectivity index is 0. The molecule has 0 saturated heterocycles. The van der Waals surface area contributed by atoms with E-state index in [-0.39, 0.29) is 49.8 Å². The van der Waals surface area contributed by atoms with Crippen molar-refractivity contribution < 1.29 is 63.0 Å². The molecule has 0 saturated carbocycles. The van der Waals surface area contributed by atoms with E-state index in [1.807, 2.05) is 0 Å². The fourth-order valence-electron chi connectivity index (χ4n) is 2.66. The molecule has 1 aromatic rings. The zero-order valence-corrected chi connectivity index (χ0v) is 20.4. The topological polar surface area (TPSA) is 107 Å². The molecule has 1 aromatic carbocycles. The summed E-state index contributed by atoms with van der Waals surface area (Å²) in [6.07, 6.45) is 7.16. The van der Waals surface area contributed by atoms with Gasteiger partial charge in [-0.25, -0.2) is 9.59 Å². The van der Waals surface area contributed by atoms with Gasteiger partial charge in [0.25, 0.3) is 10.1 Å². The molecule has 0 unspecified atom stereocenters. The number of rotatable bonds is 13. The van der Waals surface area contributed by atoms with Crippen molar-refractivity contribution >= 4 is 22.1 Å². The average Bonchev–Trinajstić information content (AvgIpc) is 2.66. The average molecular weight is 439 g/mol. The SMILES string of the molecule is CCCCCCOC(=O)c1cccc(S(=O)(=O)O)c1C(=O)OCCCCCC.[H-].[Na+]. The molecule has 0 spiro atoms. The van der Waals surface area contributed by atoms with Crippen LogP contribution in [0.3, 0.4) is 0 Å². The summed E-state index contributed by atoms with van der Waals surface area (Å²) in [6.45, 7) is 4.38. The molecule has 0 amide bonds. The van der Waals surface area contributed by atoms with Crippen LogP contribution in [-0.4, -0.2) is 38.1 Å². The molecule has 1 rings (SSSR count). The Labute approximate surface area is 197 Å². The van der Waals surface area contributed by atoms with Crippen molar-refractivity contribution in [2.45, 2.75) is 70.1 Å².